The third kappa shape index (κ3) is 3.84. The van der Waals surface area contributed by atoms with Gasteiger partial charge < -0.3 is 14.2 Å². The lowest BCUT2D eigenvalue weighted by atomic mass is 10.1. The van der Waals surface area contributed by atoms with E-state index in [-0.39, 0.29) is 48.7 Å². The maximum absolute atomic E-state index is 13.6. The van der Waals surface area contributed by atoms with Crippen LogP contribution in [-0.2, 0) is 29.1 Å². The van der Waals surface area contributed by atoms with Crippen LogP contribution in [0, 0.1) is 24.4 Å². The molecule has 2 atom stereocenters. The normalized spacial score (nSPS) is 20.2. The van der Waals surface area contributed by atoms with E-state index >= 15 is 0 Å². The number of anilines is 1. The van der Waals surface area contributed by atoms with Crippen LogP contribution >= 0.6 is 0 Å². The molecule has 178 valence electrons. The zero-order chi connectivity index (χ0) is 24.1. The van der Waals surface area contributed by atoms with E-state index in [1.807, 2.05) is 6.92 Å². The number of fused-ring (bicyclic) bond motifs is 1. The monoisotopic (exact) mass is 473 g/mol. The summed E-state index contributed by atoms with van der Waals surface area (Å²) in [5, 5.41) is 4.41. The molecule has 11 heteroatoms. The summed E-state index contributed by atoms with van der Waals surface area (Å²) in [5.74, 6) is -3.62. The lowest BCUT2D eigenvalue weighted by Gasteiger charge is -2.35. The van der Waals surface area contributed by atoms with Gasteiger partial charge in [-0.2, -0.15) is 5.10 Å². The van der Waals surface area contributed by atoms with Crippen molar-refractivity contribution < 1.29 is 27.2 Å². The highest BCUT2D eigenvalue weighted by molar-refractivity contribution is 5.97. The van der Waals surface area contributed by atoms with E-state index in [0.29, 0.717) is 36.1 Å². The summed E-state index contributed by atoms with van der Waals surface area (Å²) < 4.78 is 47.8. The predicted octanol–water partition coefficient (Wildman–Crippen LogP) is 3.09. The minimum Gasteiger partial charge on any atom is -0.446 e. The summed E-state index contributed by atoms with van der Waals surface area (Å²) in [5.41, 5.74) is 1.37. The van der Waals surface area contributed by atoms with Gasteiger partial charge in [-0.3, -0.25) is 14.3 Å². The molecule has 2 amide bonds. The molecular weight excluding hydrogens is 451 g/mol. The SMILES string of the molecule is Cc1ncc(C2CC(=O)N(c3cnn4c3CN(C(=O)Cc3cc(F)c(F)c(F)c3)[C@@H](C)C4)C2)o1. The van der Waals surface area contributed by atoms with Crippen LogP contribution in [-0.4, -0.2) is 44.1 Å². The number of carbonyl (C=O) groups excluding carboxylic acids is 2. The van der Waals surface area contributed by atoms with Crippen LogP contribution < -0.4 is 4.90 Å². The lowest BCUT2D eigenvalue weighted by Crippen LogP contribution is -2.46. The van der Waals surface area contributed by atoms with Crippen molar-refractivity contribution in [1.82, 2.24) is 19.7 Å². The van der Waals surface area contributed by atoms with Crippen LogP contribution in [0.15, 0.2) is 28.9 Å². The zero-order valence-electron chi connectivity index (χ0n) is 18.6. The first kappa shape index (κ1) is 22.2. The van der Waals surface area contributed by atoms with Crippen molar-refractivity contribution >= 4 is 17.5 Å². The summed E-state index contributed by atoms with van der Waals surface area (Å²) in [6.07, 6.45) is 3.25. The molecule has 34 heavy (non-hydrogen) atoms. The molecule has 1 saturated heterocycles. The van der Waals surface area contributed by atoms with Crippen LogP contribution in [0.2, 0.25) is 0 Å². The summed E-state index contributed by atoms with van der Waals surface area (Å²) in [6.45, 7) is 4.58. The number of hydrogen-bond donors (Lipinski definition) is 0. The fourth-order valence-electron chi connectivity index (χ4n) is 4.63. The Hall–Kier alpha value is -3.63. The van der Waals surface area contributed by atoms with Crippen molar-refractivity contribution in [3.05, 3.63) is 64.9 Å². The van der Waals surface area contributed by atoms with Crippen LogP contribution in [0.1, 0.15) is 42.2 Å². The minimum atomic E-state index is -1.56. The Labute approximate surface area is 193 Å². The van der Waals surface area contributed by atoms with E-state index in [1.165, 1.54) is 0 Å². The quantitative estimate of drug-likeness (QED) is 0.544. The second-order valence-corrected chi connectivity index (χ2v) is 8.77. The summed E-state index contributed by atoms with van der Waals surface area (Å²) in [7, 11) is 0. The molecule has 2 aromatic heterocycles. The van der Waals surface area contributed by atoms with Crippen molar-refractivity contribution in [3.8, 4) is 0 Å². The standard InChI is InChI=1S/C23H22F3N5O3/c1-12-9-31-19(11-29(12)21(32)5-14-3-16(24)23(26)17(25)4-14)18(7-28-31)30-10-15(6-22(30)33)20-8-27-13(2)34-20/h3-4,7-8,12,15H,5-6,9-11H2,1-2H3/t12-,15?/m0/s1. The Morgan fingerprint density at radius 2 is 1.91 bits per heavy atom. The number of carbonyl (C=O) groups is 2. The molecule has 1 aromatic carbocycles. The smallest absolute Gasteiger partial charge is 0.227 e. The van der Waals surface area contributed by atoms with Crippen LogP contribution in [0.4, 0.5) is 18.9 Å². The maximum Gasteiger partial charge on any atom is 0.227 e. The Balaban J connectivity index is 1.36. The summed E-state index contributed by atoms with van der Waals surface area (Å²) in [4.78, 5) is 33.1. The number of rotatable bonds is 4. The second kappa shape index (κ2) is 8.30. The maximum atomic E-state index is 13.6. The van der Waals surface area contributed by atoms with E-state index in [4.69, 9.17) is 4.42 Å². The summed E-state index contributed by atoms with van der Waals surface area (Å²) >= 11 is 0. The first-order chi connectivity index (χ1) is 16.2. The Morgan fingerprint density at radius 1 is 1.18 bits per heavy atom. The van der Waals surface area contributed by atoms with Crippen LogP contribution in [0.3, 0.4) is 0 Å². The number of oxazole rings is 1. The van der Waals surface area contributed by atoms with Gasteiger partial charge >= 0.3 is 0 Å². The second-order valence-electron chi connectivity index (χ2n) is 8.77. The Morgan fingerprint density at radius 3 is 2.59 bits per heavy atom. The molecule has 2 aliphatic heterocycles. The van der Waals surface area contributed by atoms with Crippen molar-refractivity contribution in [2.24, 2.45) is 0 Å². The number of benzene rings is 1. The third-order valence-electron chi connectivity index (χ3n) is 6.39. The predicted molar refractivity (Wildman–Crippen MR) is 113 cm³/mol. The molecular formula is C23H22F3N5O3. The van der Waals surface area contributed by atoms with E-state index in [9.17, 15) is 22.8 Å². The van der Waals surface area contributed by atoms with Crippen molar-refractivity contribution in [3.63, 3.8) is 0 Å². The number of hydrogen-bond acceptors (Lipinski definition) is 5. The topological polar surface area (TPSA) is 84.5 Å². The Kier molecular flexibility index (Phi) is 5.41. The first-order valence-electron chi connectivity index (χ1n) is 10.9. The molecule has 0 bridgehead atoms. The fourth-order valence-corrected chi connectivity index (χ4v) is 4.63. The number of aryl methyl sites for hydroxylation is 1. The van der Waals surface area contributed by atoms with Gasteiger partial charge in [0.05, 0.1) is 43.3 Å². The third-order valence-corrected chi connectivity index (χ3v) is 6.39. The molecule has 0 aliphatic carbocycles. The first-order valence-corrected chi connectivity index (χ1v) is 10.9. The van der Waals surface area contributed by atoms with E-state index in [2.05, 4.69) is 10.1 Å². The number of aromatic nitrogens is 3. The van der Waals surface area contributed by atoms with Crippen LogP contribution in [0.5, 0.6) is 0 Å². The van der Waals surface area contributed by atoms with Gasteiger partial charge in [0.25, 0.3) is 0 Å². The molecule has 8 nitrogen and oxygen atoms in total. The number of halogens is 3. The van der Waals surface area contributed by atoms with Crippen molar-refractivity contribution in [1.29, 1.82) is 0 Å². The molecule has 0 spiro atoms. The van der Waals surface area contributed by atoms with Gasteiger partial charge in [-0.15, -0.1) is 0 Å². The average molecular weight is 473 g/mol. The fraction of sp³-hybridized carbons (Fsp3) is 0.391. The minimum absolute atomic E-state index is 0.0489. The van der Waals surface area contributed by atoms with Gasteiger partial charge in [0, 0.05) is 31.8 Å². The highest BCUT2D eigenvalue weighted by Crippen LogP contribution is 2.35. The molecule has 2 aliphatic rings. The highest BCUT2D eigenvalue weighted by atomic mass is 19.2. The van der Waals surface area contributed by atoms with E-state index in [1.54, 1.807) is 33.8 Å². The van der Waals surface area contributed by atoms with Gasteiger partial charge in [-0.1, -0.05) is 0 Å². The molecule has 1 fully saturated rings. The largest absolute Gasteiger partial charge is 0.446 e. The van der Waals surface area contributed by atoms with E-state index < -0.39 is 17.5 Å². The van der Waals surface area contributed by atoms with Gasteiger partial charge in [0.1, 0.15) is 5.76 Å². The number of nitrogens with zero attached hydrogens (tertiary/aromatic N) is 5. The molecule has 4 heterocycles. The van der Waals surface area contributed by atoms with Gasteiger partial charge in [-0.05, 0) is 24.6 Å². The molecule has 0 saturated carbocycles. The molecule has 0 N–H and O–H groups in total. The Bertz CT molecular complexity index is 1260. The molecule has 3 aromatic rings. The average Bonchev–Trinajstić information content (AvgIpc) is 3.49. The van der Waals surface area contributed by atoms with E-state index in [0.717, 1.165) is 12.1 Å². The molecule has 1 unspecified atom stereocenters. The van der Waals surface area contributed by atoms with Gasteiger partial charge in [0.15, 0.2) is 23.3 Å². The molecule has 5 rings (SSSR count). The molecule has 0 radical (unpaired) electrons. The number of amides is 2. The van der Waals surface area contributed by atoms with Gasteiger partial charge in [0.2, 0.25) is 11.8 Å². The van der Waals surface area contributed by atoms with Crippen molar-refractivity contribution in [2.75, 3.05) is 11.4 Å². The lowest BCUT2D eigenvalue weighted by molar-refractivity contribution is -0.134. The summed E-state index contributed by atoms with van der Waals surface area (Å²) in [6, 6.07) is 1.42. The van der Waals surface area contributed by atoms with Crippen molar-refractivity contribution in [2.45, 2.75) is 51.7 Å². The van der Waals surface area contributed by atoms with Crippen LogP contribution in [0.25, 0.3) is 0 Å². The highest BCUT2D eigenvalue weighted by Gasteiger charge is 2.38. The van der Waals surface area contributed by atoms with Gasteiger partial charge in [-0.25, -0.2) is 18.2 Å². The zero-order valence-corrected chi connectivity index (χ0v) is 18.6.